The Hall–Kier alpha value is -3.05. The molecular formula is C23H26ClF2N5O4. The van der Waals surface area contributed by atoms with Crippen molar-refractivity contribution in [1.29, 1.82) is 0 Å². The molecule has 1 saturated heterocycles. The number of imidazole rings is 1. The first-order valence-electron chi connectivity index (χ1n) is 11.5. The van der Waals surface area contributed by atoms with Crippen LogP contribution in [0.4, 0.5) is 14.5 Å². The number of rotatable bonds is 7. The third-order valence-corrected chi connectivity index (χ3v) is 6.77. The summed E-state index contributed by atoms with van der Waals surface area (Å²) in [4.78, 5) is 41.6. The summed E-state index contributed by atoms with van der Waals surface area (Å²) >= 11 is 5.87. The molecule has 1 aromatic carbocycles. The lowest BCUT2D eigenvalue weighted by Gasteiger charge is -2.29. The number of carbonyl (C=O) groups is 3. The number of halogens is 3. The van der Waals surface area contributed by atoms with Gasteiger partial charge in [0.25, 0.3) is 11.8 Å². The Balaban J connectivity index is 1.39. The number of anilines is 1. The molecular weight excluding hydrogens is 484 g/mol. The minimum absolute atomic E-state index is 0.0166. The van der Waals surface area contributed by atoms with Crippen LogP contribution in [-0.4, -0.2) is 46.5 Å². The van der Waals surface area contributed by atoms with Gasteiger partial charge in [0, 0.05) is 31.2 Å². The fraction of sp³-hybridized carbons (Fsp3) is 0.478. The maximum atomic E-state index is 14.0. The highest BCUT2D eigenvalue weighted by atomic mass is 35.5. The number of benzene rings is 1. The Morgan fingerprint density at radius 1 is 1.17 bits per heavy atom. The maximum absolute atomic E-state index is 14.0. The molecule has 0 radical (unpaired) electrons. The Morgan fingerprint density at radius 2 is 1.91 bits per heavy atom. The molecule has 9 nitrogen and oxygen atoms in total. The number of carbonyl (C=O) groups excluding carboxylic acids is 3. The van der Waals surface area contributed by atoms with Crippen LogP contribution < -0.4 is 16.4 Å². The average Bonchev–Trinajstić information content (AvgIpc) is 3.50. The zero-order valence-corrected chi connectivity index (χ0v) is 19.6. The Morgan fingerprint density at radius 3 is 2.54 bits per heavy atom. The van der Waals surface area contributed by atoms with Crippen LogP contribution in [0, 0.1) is 17.6 Å². The number of nitrogens with two attached hydrogens (primary N) is 1. The van der Waals surface area contributed by atoms with Gasteiger partial charge in [-0.05, 0) is 44.6 Å². The standard InChI is InChI=1S/C23H26ClF2N5O4/c24-16-8-13(25)9-17(26)18(16)30-22(33)12-3-5-14(6-4-12)31-11-29-19(20(31)21(27)32)23(34)28-10-15-2-1-7-35-15/h8-9,11-12,14-15H,1-7,10H2,(H2,27,32)(H,28,34)(H,30,33)/t12-,14-,15-/m1/s1. The maximum Gasteiger partial charge on any atom is 0.272 e. The second-order valence-electron chi connectivity index (χ2n) is 8.80. The summed E-state index contributed by atoms with van der Waals surface area (Å²) in [5, 5.41) is 4.97. The van der Waals surface area contributed by atoms with Crippen molar-refractivity contribution in [2.45, 2.75) is 50.7 Å². The van der Waals surface area contributed by atoms with Crippen molar-refractivity contribution in [1.82, 2.24) is 14.9 Å². The predicted octanol–water partition coefficient (Wildman–Crippen LogP) is 3.19. The number of ether oxygens (including phenoxy) is 1. The molecule has 1 aliphatic carbocycles. The first kappa shape index (κ1) is 25.1. The molecule has 1 aliphatic heterocycles. The molecule has 1 saturated carbocycles. The monoisotopic (exact) mass is 509 g/mol. The van der Waals surface area contributed by atoms with E-state index in [4.69, 9.17) is 22.1 Å². The number of nitrogens with zero attached hydrogens (tertiary/aromatic N) is 2. The molecule has 4 rings (SSSR count). The third-order valence-electron chi connectivity index (χ3n) is 6.47. The smallest absolute Gasteiger partial charge is 0.272 e. The Bertz CT molecular complexity index is 1100. The number of hydrogen-bond acceptors (Lipinski definition) is 5. The summed E-state index contributed by atoms with van der Waals surface area (Å²) in [6, 6.07) is 1.38. The topological polar surface area (TPSA) is 128 Å². The SMILES string of the molecule is NC(=O)c1c(C(=O)NC[C@H]2CCCO2)ncn1[C@H]1CC[C@H](C(=O)Nc2c(F)cc(F)cc2Cl)CC1. The van der Waals surface area contributed by atoms with Crippen LogP contribution in [-0.2, 0) is 9.53 Å². The molecule has 2 heterocycles. The first-order chi connectivity index (χ1) is 16.7. The second kappa shape index (κ2) is 10.7. The number of hydrogen-bond donors (Lipinski definition) is 3. The van der Waals surface area contributed by atoms with Gasteiger partial charge >= 0.3 is 0 Å². The second-order valence-corrected chi connectivity index (χ2v) is 9.20. The van der Waals surface area contributed by atoms with Crippen molar-refractivity contribution >= 4 is 35.0 Å². The van der Waals surface area contributed by atoms with Crippen LogP contribution in [0.3, 0.4) is 0 Å². The number of amides is 3. The minimum Gasteiger partial charge on any atom is -0.376 e. The third kappa shape index (κ3) is 5.62. The van der Waals surface area contributed by atoms with Gasteiger partial charge in [-0.2, -0.15) is 0 Å². The molecule has 35 heavy (non-hydrogen) atoms. The largest absolute Gasteiger partial charge is 0.376 e. The van der Waals surface area contributed by atoms with Crippen LogP contribution in [0.1, 0.15) is 65.5 Å². The van der Waals surface area contributed by atoms with Gasteiger partial charge in [-0.3, -0.25) is 14.4 Å². The molecule has 0 unspecified atom stereocenters. The molecule has 4 N–H and O–H groups in total. The van der Waals surface area contributed by atoms with Gasteiger partial charge in [0.1, 0.15) is 11.5 Å². The zero-order valence-electron chi connectivity index (χ0n) is 18.9. The van der Waals surface area contributed by atoms with Crippen molar-refractivity contribution in [3.63, 3.8) is 0 Å². The molecule has 2 aromatic rings. The van der Waals surface area contributed by atoms with E-state index in [0.29, 0.717) is 44.9 Å². The minimum atomic E-state index is -0.952. The number of nitrogens with one attached hydrogen (secondary N) is 2. The molecule has 3 amide bonds. The van der Waals surface area contributed by atoms with Crippen molar-refractivity contribution in [2.75, 3.05) is 18.5 Å². The zero-order chi connectivity index (χ0) is 25.1. The summed E-state index contributed by atoms with van der Waals surface area (Å²) < 4.78 is 34.4. The highest BCUT2D eigenvalue weighted by Gasteiger charge is 2.32. The van der Waals surface area contributed by atoms with E-state index in [9.17, 15) is 23.2 Å². The van der Waals surface area contributed by atoms with E-state index >= 15 is 0 Å². The van der Waals surface area contributed by atoms with Gasteiger partial charge in [-0.25, -0.2) is 13.8 Å². The highest BCUT2D eigenvalue weighted by Crippen LogP contribution is 2.35. The lowest BCUT2D eigenvalue weighted by molar-refractivity contribution is -0.121. The fourth-order valence-electron chi connectivity index (χ4n) is 4.65. The highest BCUT2D eigenvalue weighted by molar-refractivity contribution is 6.33. The van der Waals surface area contributed by atoms with E-state index in [1.165, 1.54) is 6.33 Å². The van der Waals surface area contributed by atoms with Crippen LogP contribution in [0.2, 0.25) is 5.02 Å². The summed E-state index contributed by atoms with van der Waals surface area (Å²) in [6.07, 6.45) is 5.04. The van der Waals surface area contributed by atoms with Gasteiger partial charge in [0.2, 0.25) is 5.91 Å². The van der Waals surface area contributed by atoms with E-state index in [1.807, 2.05) is 0 Å². The van der Waals surface area contributed by atoms with Crippen LogP contribution in [0.15, 0.2) is 18.5 Å². The van der Waals surface area contributed by atoms with Gasteiger partial charge in [0.05, 0.1) is 23.1 Å². The lowest BCUT2D eigenvalue weighted by Crippen LogP contribution is -2.34. The average molecular weight is 510 g/mol. The van der Waals surface area contributed by atoms with Crippen LogP contribution in [0.5, 0.6) is 0 Å². The molecule has 1 atom stereocenters. The lowest BCUT2D eigenvalue weighted by atomic mass is 9.85. The Kier molecular flexibility index (Phi) is 7.66. The van der Waals surface area contributed by atoms with Crippen molar-refractivity contribution in [3.05, 3.63) is 46.5 Å². The van der Waals surface area contributed by atoms with Gasteiger partial charge in [-0.1, -0.05) is 11.6 Å². The van der Waals surface area contributed by atoms with Gasteiger partial charge in [-0.15, -0.1) is 0 Å². The first-order valence-corrected chi connectivity index (χ1v) is 11.8. The molecule has 188 valence electrons. The molecule has 2 fully saturated rings. The van der Waals surface area contributed by atoms with Crippen molar-refractivity contribution < 1.29 is 27.9 Å². The number of primary amides is 1. The summed E-state index contributed by atoms with van der Waals surface area (Å²) in [5.41, 5.74) is 5.29. The normalized spacial score (nSPS) is 22.1. The van der Waals surface area contributed by atoms with E-state index in [-0.39, 0.29) is 34.2 Å². The van der Waals surface area contributed by atoms with Crippen molar-refractivity contribution in [2.24, 2.45) is 11.7 Å². The molecule has 0 bridgehead atoms. The molecule has 12 heteroatoms. The van der Waals surface area contributed by atoms with E-state index in [0.717, 1.165) is 18.9 Å². The summed E-state index contributed by atoms with van der Waals surface area (Å²) in [5.74, 6) is -3.92. The molecule has 0 spiro atoms. The van der Waals surface area contributed by atoms with E-state index < -0.39 is 35.3 Å². The molecule has 2 aliphatic rings. The Labute approximate surface area is 205 Å². The molecule has 1 aromatic heterocycles. The van der Waals surface area contributed by atoms with E-state index in [2.05, 4.69) is 15.6 Å². The summed E-state index contributed by atoms with van der Waals surface area (Å²) in [7, 11) is 0. The van der Waals surface area contributed by atoms with Gasteiger partial charge in [0.15, 0.2) is 11.5 Å². The fourth-order valence-corrected chi connectivity index (χ4v) is 4.89. The summed E-state index contributed by atoms with van der Waals surface area (Å²) in [6.45, 7) is 0.983. The quantitative estimate of drug-likeness (QED) is 0.528. The van der Waals surface area contributed by atoms with Crippen molar-refractivity contribution in [3.8, 4) is 0 Å². The van der Waals surface area contributed by atoms with Gasteiger partial charge < -0.3 is 25.7 Å². The predicted molar refractivity (Wildman–Crippen MR) is 123 cm³/mol. The van der Waals surface area contributed by atoms with Crippen LogP contribution in [0.25, 0.3) is 0 Å². The van der Waals surface area contributed by atoms with Crippen LogP contribution >= 0.6 is 11.6 Å². The number of aromatic nitrogens is 2. The van der Waals surface area contributed by atoms with E-state index in [1.54, 1.807) is 4.57 Å².